The molecule has 0 N–H and O–H groups in total. The minimum atomic E-state index is -4.11. The van der Waals surface area contributed by atoms with Crippen LogP contribution >= 0.6 is 0 Å². The quantitative estimate of drug-likeness (QED) is 0.547. The van der Waals surface area contributed by atoms with Gasteiger partial charge in [-0.2, -0.15) is 4.98 Å². The van der Waals surface area contributed by atoms with Gasteiger partial charge in [-0.05, 0) is 54.7 Å². The van der Waals surface area contributed by atoms with Gasteiger partial charge in [0, 0.05) is 13.1 Å². The number of hydrogen-bond acceptors (Lipinski definition) is 5. The Morgan fingerprint density at radius 2 is 1.63 bits per heavy atom. The first-order valence-electron chi connectivity index (χ1n) is 9.77. The first kappa shape index (κ1) is 20.5. The molecule has 30 heavy (non-hydrogen) atoms. The Labute approximate surface area is 174 Å². The molecule has 0 spiro atoms. The molecule has 1 fully saturated rings. The van der Waals surface area contributed by atoms with Crippen molar-refractivity contribution in [1.82, 2.24) is 4.98 Å². The standard InChI is InChI=1S/C22H22F2N2O3S/c1-14-11-15(2)13-26(12-14)22-21(30(27,28)17-9-7-16(23)8-10-17)25-20(29-22)18-5-3-4-6-19(18)24/h3-10,14-15H,11-13H2,1-2H3. The summed E-state index contributed by atoms with van der Waals surface area (Å²) in [5.41, 5.74) is 0.0809. The van der Waals surface area contributed by atoms with E-state index < -0.39 is 21.5 Å². The van der Waals surface area contributed by atoms with Crippen molar-refractivity contribution in [3.63, 3.8) is 0 Å². The molecule has 0 aliphatic carbocycles. The van der Waals surface area contributed by atoms with Crippen molar-refractivity contribution in [2.45, 2.75) is 30.2 Å². The van der Waals surface area contributed by atoms with E-state index in [2.05, 4.69) is 18.8 Å². The summed E-state index contributed by atoms with van der Waals surface area (Å²) in [6, 6.07) is 10.4. The predicted octanol–water partition coefficient (Wildman–Crippen LogP) is 4.93. The van der Waals surface area contributed by atoms with Gasteiger partial charge in [0.05, 0.1) is 10.5 Å². The van der Waals surface area contributed by atoms with Crippen LogP contribution in [0, 0.1) is 23.5 Å². The fourth-order valence-corrected chi connectivity index (χ4v) is 5.30. The van der Waals surface area contributed by atoms with Gasteiger partial charge >= 0.3 is 0 Å². The molecule has 1 aliphatic heterocycles. The molecule has 2 heterocycles. The van der Waals surface area contributed by atoms with Crippen LogP contribution < -0.4 is 4.90 Å². The van der Waals surface area contributed by atoms with Crippen LogP contribution in [0.3, 0.4) is 0 Å². The smallest absolute Gasteiger partial charge is 0.236 e. The molecule has 0 radical (unpaired) electrons. The van der Waals surface area contributed by atoms with Gasteiger partial charge < -0.3 is 9.32 Å². The molecule has 0 bridgehead atoms. The maximum atomic E-state index is 14.3. The number of piperidine rings is 1. The molecule has 1 aliphatic rings. The van der Waals surface area contributed by atoms with Crippen LogP contribution in [0.25, 0.3) is 11.5 Å². The van der Waals surface area contributed by atoms with Gasteiger partial charge in [0.1, 0.15) is 11.6 Å². The zero-order valence-electron chi connectivity index (χ0n) is 16.7. The number of sulfone groups is 1. The van der Waals surface area contributed by atoms with Crippen molar-refractivity contribution in [3.05, 3.63) is 60.2 Å². The molecule has 2 atom stereocenters. The average Bonchev–Trinajstić information content (AvgIpc) is 3.14. The van der Waals surface area contributed by atoms with Crippen molar-refractivity contribution in [2.75, 3.05) is 18.0 Å². The summed E-state index contributed by atoms with van der Waals surface area (Å²) in [6.07, 6.45) is 1.02. The van der Waals surface area contributed by atoms with Gasteiger partial charge in [-0.25, -0.2) is 17.2 Å². The third kappa shape index (κ3) is 3.84. The lowest BCUT2D eigenvalue weighted by molar-refractivity contribution is 0.342. The number of hydrogen-bond donors (Lipinski definition) is 0. The molecule has 158 valence electrons. The van der Waals surface area contributed by atoms with Crippen LogP contribution in [0.15, 0.2) is 62.9 Å². The summed E-state index contributed by atoms with van der Waals surface area (Å²) in [7, 11) is -4.11. The van der Waals surface area contributed by atoms with E-state index in [1.165, 1.54) is 30.3 Å². The number of anilines is 1. The second kappa shape index (κ2) is 7.83. The maximum absolute atomic E-state index is 14.3. The highest BCUT2D eigenvalue weighted by molar-refractivity contribution is 7.91. The Balaban J connectivity index is 1.87. The van der Waals surface area contributed by atoms with E-state index >= 15 is 0 Å². The number of benzene rings is 2. The van der Waals surface area contributed by atoms with E-state index in [-0.39, 0.29) is 27.3 Å². The fraction of sp³-hybridized carbons (Fsp3) is 0.318. The lowest BCUT2D eigenvalue weighted by atomic mass is 9.92. The highest BCUT2D eigenvalue weighted by atomic mass is 32.2. The summed E-state index contributed by atoms with van der Waals surface area (Å²) in [4.78, 5) is 5.96. The fourth-order valence-electron chi connectivity index (χ4n) is 3.98. The van der Waals surface area contributed by atoms with Crippen LogP contribution in [0.1, 0.15) is 20.3 Å². The first-order valence-corrected chi connectivity index (χ1v) is 11.3. The van der Waals surface area contributed by atoms with Crippen LogP contribution in [0.2, 0.25) is 0 Å². The van der Waals surface area contributed by atoms with E-state index in [1.54, 1.807) is 6.07 Å². The van der Waals surface area contributed by atoms with E-state index in [0.717, 1.165) is 18.6 Å². The van der Waals surface area contributed by atoms with E-state index in [1.807, 2.05) is 4.90 Å². The van der Waals surface area contributed by atoms with Gasteiger partial charge in [-0.3, -0.25) is 0 Å². The Morgan fingerprint density at radius 1 is 1.00 bits per heavy atom. The number of aromatic nitrogens is 1. The molecule has 2 unspecified atom stereocenters. The highest BCUT2D eigenvalue weighted by Crippen LogP contribution is 2.37. The third-order valence-electron chi connectivity index (χ3n) is 5.22. The molecule has 2 aromatic carbocycles. The molecule has 1 saturated heterocycles. The monoisotopic (exact) mass is 432 g/mol. The summed E-state index contributed by atoms with van der Waals surface area (Å²) >= 11 is 0. The molecular formula is C22H22F2N2O3S. The first-order chi connectivity index (χ1) is 14.3. The molecule has 0 amide bonds. The number of halogens is 2. The normalized spacial score (nSPS) is 19.8. The summed E-state index contributed by atoms with van der Waals surface area (Å²) in [5.74, 6) is -0.448. The second-order valence-electron chi connectivity index (χ2n) is 7.92. The van der Waals surface area contributed by atoms with E-state index in [4.69, 9.17) is 4.42 Å². The largest absolute Gasteiger partial charge is 0.419 e. The predicted molar refractivity (Wildman–Crippen MR) is 109 cm³/mol. The van der Waals surface area contributed by atoms with Gasteiger partial charge in [0.2, 0.25) is 26.6 Å². The van der Waals surface area contributed by atoms with Crippen LogP contribution in [-0.2, 0) is 9.84 Å². The van der Waals surface area contributed by atoms with E-state index in [9.17, 15) is 17.2 Å². The number of rotatable bonds is 4. The van der Waals surface area contributed by atoms with Crippen LogP contribution in [0.4, 0.5) is 14.7 Å². The van der Waals surface area contributed by atoms with Crippen molar-refractivity contribution in [1.29, 1.82) is 0 Å². The second-order valence-corrected chi connectivity index (χ2v) is 9.78. The Kier molecular flexibility index (Phi) is 5.36. The van der Waals surface area contributed by atoms with Crippen molar-refractivity contribution in [2.24, 2.45) is 11.8 Å². The lowest BCUT2D eigenvalue weighted by Crippen LogP contribution is -2.39. The zero-order chi connectivity index (χ0) is 21.5. The maximum Gasteiger partial charge on any atom is 0.236 e. The topological polar surface area (TPSA) is 63.4 Å². The molecule has 5 nitrogen and oxygen atoms in total. The Hall–Kier alpha value is -2.74. The lowest BCUT2D eigenvalue weighted by Gasteiger charge is -2.34. The van der Waals surface area contributed by atoms with E-state index in [0.29, 0.717) is 24.9 Å². The van der Waals surface area contributed by atoms with Gasteiger partial charge in [-0.1, -0.05) is 26.0 Å². The van der Waals surface area contributed by atoms with Gasteiger partial charge in [0.15, 0.2) is 0 Å². The average molecular weight is 432 g/mol. The zero-order valence-corrected chi connectivity index (χ0v) is 17.5. The molecule has 8 heteroatoms. The van der Waals surface area contributed by atoms with Crippen molar-refractivity contribution in [3.8, 4) is 11.5 Å². The molecule has 1 aromatic heterocycles. The third-order valence-corrected chi connectivity index (χ3v) is 6.89. The molecular weight excluding hydrogens is 410 g/mol. The Bertz CT molecular complexity index is 1150. The summed E-state index contributed by atoms with van der Waals surface area (Å²) in [5, 5.41) is -0.284. The van der Waals surface area contributed by atoms with Gasteiger partial charge in [-0.15, -0.1) is 0 Å². The minimum Gasteiger partial charge on any atom is -0.419 e. The number of nitrogens with zero attached hydrogens (tertiary/aromatic N) is 2. The SMILES string of the molecule is CC1CC(C)CN(c2oc(-c3ccccc3F)nc2S(=O)(=O)c2ccc(F)cc2)C1. The van der Waals surface area contributed by atoms with Gasteiger partial charge in [0.25, 0.3) is 0 Å². The highest BCUT2D eigenvalue weighted by Gasteiger charge is 2.34. The summed E-state index contributed by atoms with van der Waals surface area (Å²) < 4.78 is 60.2. The Morgan fingerprint density at radius 3 is 2.27 bits per heavy atom. The van der Waals surface area contributed by atoms with Crippen LogP contribution in [-0.4, -0.2) is 26.5 Å². The number of oxazole rings is 1. The minimum absolute atomic E-state index is 0.0809. The molecule has 0 saturated carbocycles. The van der Waals surface area contributed by atoms with Crippen molar-refractivity contribution < 1.29 is 21.6 Å². The van der Waals surface area contributed by atoms with Crippen LogP contribution in [0.5, 0.6) is 0 Å². The molecule has 3 aromatic rings. The molecule has 4 rings (SSSR count). The van der Waals surface area contributed by atoms with Crippen molar-refractivity contribution >= 4 is 15.7 Å². The summed E-state index contributed by atoms with van der Waals surface area (Å²) in [6.45, 7) is 5.38.